The lowest BCUT2D eigenvalue weighted by Gasteiger charge is -2.09. The van der Waals surface area contributed by atoms with E-state index in [-0.39, 0.29) is 10.7 Å². The van der Waals surface area contributed by atoms with Crippen LogP contribution in [-0.2, 0) is 6.42 Å². The van der Waals surface area contributed by atoms with Crippen molar-refractivity contribution >= 4 is 17.5 Å². The minimum Gasteiger partial charge on any atom is -0.366 e. The molecule has 4 nitrogen and oxygen atoms in total. The second-order valence-electron chi connectivity index (χ2n) is 4.05. The van der Waals surface area contributed by atoms with Gasteiger partial charge in [-0.3, -0.25) is 9.78 Å². The summed E-state index contributed by atoms with van der Waals surface area (Å²) in [6.07, 6.45) is 3.34. The predicted molar refractivity (Wildman–Crippen MR) is 69.5 cm³/mol. The molecule has 0 aliphatic rings. The van der Waals surface area contributed by atoms with Crippen LogP contribution in [-0.4, -0.2) is 15.9 Å². The third-order valence-electron chi connectivity index (χ3n) is 2.84. The van der Waals surface area contributed by atoms with Gasteiger partial charge >= 0.3 is 0 Å². The number of hydrogen-bond donors (Lipinski definition) is 1. The zero-order chi connectivity index (χ0) is 14.0. The van der Waals surface area contributed by atoms with E-state index in [0.717, 1.165) is 0 Å². The van der Waals surface area contributed by atoms with Crippen LogP contribution in [0.3, 0.4) is 0 Å². The standard InChI is InChI=1S/C13H11ClFN3O/c1-7-8(2-3-9(11(7)15)13(16)19)6-10-12(14)18-5-4-17-10/h2-5H,6H2,1H3,(H2,16,19). The second kappa shape index (κ2) is 5.32. The normalized spacial score (nSPS) is 10.5. The van der Waals surface area contributed by atoms with Gasteiger partial charge in [0, 0.05) is 18.8 Å². The van der Waals surface area contributed by atoms with Gasteiger partial charge in [0.15, 0.2) is 5.15 Å². The van der Waals surface area contributed by atoms with Crippen LogP contribution < -0.4 is 5.73 Å². The molecule has 0 saturated heterocycles. The summed E-state index contributed by atoms with van der Waals surface area (Å²) in [6.45, 7) is 1.58. The average molecular weight is 280 g/mol. The summed E-state index contributed by atoms with van der Waals surface area (Å²) in [4.78, 5) is 19.0. The van der Waals surface area contributed by atoms with Crippen LogP contribution in [0.5, 0.6) is 0 Å². The Labute approximate surface area is 114 Å². The molecule has 2 rings (SSSR count). The summed E-state index contributed by atoms with van der Waals surface area (Å²) >= 11 is 5.91. The second-order valence-corrected chi connectivity index (χ2v) is 4.40. The van der Waals surface area contributed by atoms with Crippen LogP contribution in [0.15, 0.2) is 24.5 Å². The molecule has 2 N–H and O–H groups in total. The maximum atomic E-state index is 13.9. The van der Waals surface area contributed by atoms with E-state index in [4.69, 9.17) is 17.3 Å². The van der Waals surface area contributed by atoms with Crippen molar-refractivity contribution in [3.8, 4) is 0 Å². The number of nitrogens with zero attached hydrogens (tertiary/aromatic N) is 2. The zero-order valence-corrected chi connectivity index (χ0v) is 10.9. The molecule has 0 unspecified atom stereocenters. The molecule has 0 aliphatic heterocycles. The summed E-state index contributed by atoms with van der Waals surface area (Å²) < 4.78 is 13.9. The summed E-state index contributed by atoms with van der Waals surface area (Å²) in [5.74, 6) is -1.39. The van der Waals surface area contributed by atoms with Gasteiger partial charge in [-0.15, -0.1) is 0 Å². The molecule has 1 aromatic carbocycles. The Morgan fingerprint density at radius 1 is 1.37 bits per heavy atom. The van der Waals surface area contributed by atoms with E-state index in [1.807, 2.05) is 0 Å². The van der Waals surface area contributed by atoms with Gasteiger partial charge in [-0.05, 0) is 24.1 Å². The molecule has 0 aliphatic carbocycles. The third kappa shape index (κ3) is 2.71. The highest BCUT2D eigenvalue weighted by atomic mass is 35.5. The maximum Gasteiger partial charge on any atom is 0.251 e. The minimum absolute atomic E-state index is 0.119. The Kier molecular flexibility index (Phi) is 3.76. The molecule has 6 heteroatoms. The van der Waals surface area contributed by atoms with Crippen molar-refractivity contribution in [1.29, 1.82) is 0 Å². The van der Waals surface area contributed by atoms with Gasteiger partial charge in [0.2, 0.25) is 0 Å². The highest BCUT2D eigenvalue weighted by Crippen LogP contribution is 2.21. The van der Waals surface area contributed by atoms with Crippen LogP contribution >= 0.6 is 11.6 Å². The fraction of sp³-hybridized carbons (Fsp3) is 0.154. The van der Waals surface area contributed by atoms with Crippen molar-refractivity contribution < 1.29 is 9.18 Å². The average Bonchev–Trinajstić information content (AvgIpc) is 2.37. The van der Waals surface area contributed by atoms with Gasteiger partial charge in [-0.1, -0.05) is 17.7 Å². The fourth-order valence-electron chi connectivity index (χ4n) is 1.76. The van der Waals surface area contributed by atoms with Gasteiger partial charge in [0.05, 0.1) is 11.3 Å². The van der Waals surface area contributed by atoms with Gasteiger partial charge in [0.25, 0.3) is 5.91 Å². The molecule has 19 heavy (non-hydrogen) atoms. The summed E-state index contributed by atoms with van der Waals surface area (Å²) in [5, 5.41) is 0.279. The molecule has 1 aromatic heterocycles. The smallest absolute Gasteiger partial charge is 0.251 e. The molecule has 2 aromatic rings. The van der Waals surface area contributed by atoms with E-state index < -0.39 is 11.7 Å². The molecule has 0 atom stereocenters. The molecule has 1 amide bonds. The first-order valence-electron chi connectivity index (χ1n) is 5.54. The molecule has 0 fully saturated rings. The number of primary amides is 1. The van der Waals surface area contributed by atoms with Crippen molar-refractivity contribution in [2.75, 3.05) is 0 Å². The van der Waals surface area contributed by atoms with Gasteiger partial charge in [-0.25, -0.2) is 9.37 Å². The third-order valence-corrected chi connectivity index (χ3v) is 3.16. The Balaban J connectivity index is 2.40. The Hall–Kier alpha value is -2.01. The maximum absolute atomic E-state index is 13.9. The fourth-order valence-corrected chi connectivity index (χ4v) is 1.93. The number of amides is 1. The van der Waals surface area contributed by atoms with Gasteiger partial charge < -0.3 is 5.73 Å². The minimum atomic E-state index is -0.787. The molecule has 98 valence electrons. The number of carbonyl (C=O) groups excluding carboxylic acids is 1. The van der Waals surface area contributed by atoms with Crippen LogP contribution in [0.1, 0.15) is 27.2 Å². The monoisotopic (exact) mass is 279 g/mol. The van der Waals surface area contributed by atoms with Crippen LogP contribution in [0.2, 0.25) is 5.15 Å². The number of halogens is 2. The van der Waals surface area contributed by atoms with Crippen LogP contribution in [0.25, 0.3) is 0 Å². The number of nitrogens with two attached hydrogens (primary N) is 1. The highest BCUT2D eigenvalue weighted by molar-refractivity contribution is 6.30. The van der Waals surface area contributed by atoms with Gasteiger partial charge in [0.1, 0.15) is 5.82 Å². The first-order valence-corrected chi connectivity index (χ1v) is 5.91. The molecule has 1 heterocycles. The Bertz CT molecular complexity index is 646. The molecule has 0 saturated carbocycles. The topological polar surface area (TPSA) is 68.9 Å². The Morgan fingerprint density at radius 2 is 2.05 bits per heavy atom. The van der Waals surface area contributed by atoms with Crippen molar-refractivity contribution in [1.82, 2.24) is 9.97 Å². The van der Waals surface area contributed by atoms with E-state index in [1.165, 1.54) is 18.5 Å². The zero-order valence-electron chi connectivity index (χ0n) is 10.2. The largest absolute Gasteiger partial charge is 0.366 e. The highest BCUT2D eigenvalue weighted by Gasteiger charge is 2.15. The summed E-state index contributed by atoms with van der Waals surface area (Å²) in [7, 11) is 0. The number of carbonyl (C=O) groups is 1. The van der Waals surface area contributed by atoms with Crippen molar-refractivity contribution in [3.05, 3.63) is 57.9 Å². The van der Waals surface area contributed by atoms with Crippen molar-refractivity contribution in [2.24, 2.45) is 5.73 Å². The number of benzene rings is 1. The number of hydrogen-bond acceptors (Lipinski definition) is 3. The molecular formula is C13H11ClFN3O. The van der Waals surface area contributed by atoms with Gasteiger partial charge in [-0.2, -0.15) is 0 Å². The van der Waals surface area contributed by atoms with E-state index in [9.17, 15) is 9.18 Å². The predicted octanol–water partition coefficient (Wildman–Crippen LogP) is 2.27. The van der Waals surface area contributed by atoms with Crippen LogP contribution in [0.4, 0.5) is 4.39 Å². The molecule has 0 bridgehead atoms. The Morgan fingerprint density at radius 3 is 2.68 bits per heavy atom. The van der Waals surface area contributed by atoms with Crippen molar-refractivity contribution in [2.45, 2.75) is 13.3 Å². The van der Waals surface area contributed by atoms with E-state index >= 15 is 0 Å². The molecule has 0 spiro atoms. The quantitative estimate of drug-likeness (QED) is 0.937. The van der Waals surface area contributed by atoms with Crippen LogP contribution in [0, 0.1) is 12.7 Å². The first kappa shape index (κ1) is 13.4. The van der Waals surface area contributed by atoms with Crippen molar-refractivity contribution in [3.63, 3.8) is 0 Å². The van der Waals surface area contributed by atoms with E-state index in [0.29, 0.717) is 23.2 Å². The summed E-state index contributed by atoms with van der Waals surface area (Å²) in [5.41, 5.74) is 6.57. The molecule has 0 radical (unpaired) electrons. The summed E-state index contributed by atoms with van der Waals surface area (Å²) in [6, 6.07) is 3.01. The van der Waals surface area contributed by atoms with E-state index in [1.54, 1.807) is 13.0 Å². The lowest BCUT2D eigenvalue weighted by molar-refractivity contribution is 0.0996. The molecular weight excluding hydrogens is 269 g/mol. The lowest BCUT2D eigenvalue weighted by atomic mass is 10.00. The van der Waals surface area contributed by atoms with E-state index in [2.05, 4.69) is 9.97 Å². The number of aromatic nitrogens is 2. The first-order chi connectivity index (χ1) is 9.00. The lowest BCUT2D eigenvalue weighted by Crippen LogP contribution is -2.14. The number of rotatable bonds is 3. The SMILES string of the molecule is Cc1c(Cc2nccnc2Cl)ccc(C(N)=O)c1F.